The minimum absolute atomic E-state index is 0.358. The van der Waals surface area contributed by atoms with Crippen molar-refractivity contribution in [3.05, 3.63) is 64.4 Å². The van der Waals surface area contributed by atoms with Gasteiger partial charge in [-0.3, -0.25) is 0 Å². The summed E-state index contributed by atoms with van der Waals surface area (Å²) in [5.74, 6) is -0.785. The fraction of sp³-hybridized carbons (Fsp3) is 0.143. The molecule has 2 aromatic carbocycles. The van der Waals surface area contributed by atoms with Crippen LogP contribution in [-0.2, 0) is 10.0 Å². The van der Waals surface area contributed by atoms with Gasteiger partial charge < -0.3 is 0 Å². The third-order valence-corrected chi connectivity index (χ3v) is 4.88. The zero-order valence-corrected chi connectivity index (χ0v) is 13.1. The first kappa shape index (κ1) is 15.2. The van der Waals surface area contributed by atoms with Gasteiger partial charge in [0.2, 0.25) is 10.0 Å². The molecule has 2 rings (SSSR count). The van der Waals surface area contributed by atoms with Crippen LogP contribution in [-0.4, -0.2) is 8.42 Å². The van der Waals surface area contributed by atoms with Gasteiger partial charge in [0.05, 0.1) is 0 Å². The summed E-state index contributed by atoms with van der Waals surface area (Å²) >= 11 is 3.10. The van der Waals surface area contributed by atoms with Crippen molar-refractivity contribution >= 4 is 26.0 Å². The molecule has 20 heavy (non-hydrogen) atoms. The second kappa shape index (κ2) is 6.03. The van der Waals surface area contributed by atoms with Crippen molar-refractivity contribution < 1.29 is 12.8 Å². The first-order valence-electron chi connectivity index (χ1n) is 5.92. The molecule has 6 heteroatoms. The zero-order chi connectivity index (χ0) is 14.8. The molecule has 0 fully saturated rings. The van der Waals surface area contributed by atoms with Gasteiger partial charge in [0.25, 0.3) is 0 Å². The standard InChI is InChI=1S/C14H13BrFNO2S/c1-10(11-5-3-2-4-6-11)17-20(18,19)14-8-7-12(15)9-13(14)16/h2-10,17H,1H3/t10-/m0/s1. The lowest BCUT2D eigenvalue weighted by atomic mass is 10.1. The number of halogens is 2. The van der Waals surface area contributed by atoms with Gasteiger partial charge in [-0.2, -0.15) is 0 Å². The number of hydrogen-bond donors (Lipinski definition) is 1. The monoisotopic (exact) mass is 357 g/mol. The number of sulfonamides is 1. The molecule has 106 valence electrons. The van der Waals surface area contributed by atoms with Crippen LogP contribution in [0.4, 0.5) is 4.39 Å². The maximum Gasteiger partial charge on any atom is 0.244 e. The van der Waals surface area contributed by atoms with Gasteiger partial charge in [0.15, 0.2) is 0 Å². The van der Waals surface area contributed by atoms with Crippen LogP contribution >= 0.6 is 15.9 Å². The predicted molar refractivity (Wildman–Crippen MR) is 79.3 cm³/mol. The SMILES string of the molecule is C[C@H](NS(=O)(=O)c1ccc(Br)cc1F)c1ccccc1. The van der Waals surface area contributed by atoms with Crippen LogP contribution in [0.25, 0.3) is 0 Å². The van der Waals surface area contributed by atoms with Crippen LogP contribution in [0.2, 0.25) is 0 Å². The Morgan fingerprint density at radius 3 is 2.40 bits per heavy atom. The van der Waals surface area contributed by atoms with E-state index >= 15 is 0 Å². The van der Waals surface area contributed by atoms with Crippen LogP contribution in [0.1, 0.15) is 18.5 Å². The molecule has 2 aromatic rings. The van der Waals surface area contributed by atoms with E-state index < -0.39 is 21.9 Å². The van der Waals surface area contributed by atoms with Gasteiger partial charge in [-0.05, 0) is 30.7 Å². The molecule has 0 aliphatic rings. The van der Waals surface area contributed by atoms with Crippen LogP contribution in [0.5, 0.6) is 0 Å². The molecule has 0 aliphatic carbocycles. The van der Waals surface area contributed by atoms with E-state index in [0.29, 0.717) is 4.47 Å². The molecule has 0 heterocycles. The predicted octanol–water partition coefficient (Wildman–Crippen LogP) is 3.63. The number of hydrogen-bond acceptors (Lipinski definition) is 2. The fourth-order valence-corrected chi connectivity index (χ4v) is 3.42. The normalized spacial score (nSPS) is 13.2. The highest BCUT2D eigenvalue weighted by atomic mass is 79.9. The molecule has 1 N–H and O–H groups in total. The molecule has 0 aliphatic heterocycles. The third kappa shape index (κ3) is 3.45. The van der Waals surface area contributed by atoms with Crippen LogP contribution < -0.4 is 4.72 Å². The minimum Gasteiger partial charge on any atom is -0.207 e. The smallest absolute Gasteiger partial charge is 0.207 e. The summed E-state index contributed by atoms with van der Waals surface area (Å²) in [7, 11) is -3.90. The van der Waals surface area contributed by atoms with Crippen molar-refractivity contribution in [2.24, 2.45) is 0 Å². The molecule has 1 atom stereocenters. The first-order chi connectivity index (χ1) is 9.40. The summed E-state index contributed by atoms with van der Waals surface area (Å²) in [6.07, 6.45) is 0. The van der Waals surface area contributed by atoms with Gasteiger partial charge in [0, 0.05) is 10.5 Å². The molecular weight excluding hydrogens is 345 g/mol. The highest BCUT2D eigenvalue weighted by Crippen LogP contribution is 2.21. The minimum atomic E-state index is -3.90. The Labute approximate surface area is 126 Å². The van der Waals surface area contributed by atoms with Crippen LogP contribution in [0, 0.1) is 5.82 Å². The van der Waals surface area contributed by atoms with Crippen LogP contribution in [0.3, 0.4) is 0 Å². The van der Waals surface area contributed by atoms with E-state index in [9.17, 15) is 12.8 Å². The Kier molecular flexibility index (Phi) is 4.57. The van der Waals surface area contributed by atoms with Gasteiger partial charge in [0.1, 0.15) is 10.7 Å². The Morgan fingerprint density at radius 2 is 1.80 bits per heavy atom. The lowest BCUT2D eigenvalue weighted by Gasteiger charge is -2.15. The maximum atomic E-state index is 13.7. The summed E-state index contributed by atoms with van der Waals surface area (Å²) < 4.78 is 41.1. The van der Waals surface area contributed by atoms with Crippen molar-refractivity contribution in [2.45, 2.75) is 17.9 Å². The molecule has 0 unspecified atom stereocenters. The van der Waals surface area contributed by atoms with E-state index in [0.717, 1.165) is 11.6 Å². The van der Waals surface area contributed by atoms with E-state index in [-0.39, 0.29) is 4.90 Å². The molecule has 0 amide bonds. The van der Waals surface area contributed by atoms with Crippen molar-refractivity contribution in [3.8, 4) is 0 Å². The van der Waals surface area contributed by atoms with Gasteiger partial charge in [-0.1, -0.05) is 46.3 Å². The quantitative estimate of drug-likeness (QED) is 0.907. The average Bonchev–Trinajstić information content (AvgIpc) is 2.38. The summed E-state index contributed by atoms with van der Waals surface area (Å²) in [5.41, 5.74) is 0.814. The molecule has 0 spiro atoms. The van der Waals surface area contributed by atoms with E-state index in [2.05, 4.69) is 20.7 Å². The van der Waals surface area contributed by atoms with Gasteiger partial charge in [-0.25, -0.2) is 17.5 Å². The fourth-order valence-electron chi connectivity index (χ4n) is 1.80. The lowest BCUT2D eigenvalue weighted by Crippen LogP contribution is -2.27. The molecule has 0 aromatic heterocycles. The number of nitrogens with one attached hydrogen (secondary N) is 1. The van der Waals surface area contributed by atoms with E-state index in [1.807, 2.05) is 30.3 Å². The molecule has 0 radical (unpaired) electrons. The second-order valence-electron chi connectivity index (χ2n) is 4.33. The second-order valence-corrected chi connectivity index (χ2v) is 6.93. The summed E-state index contributed by atoms with van der Waals surface area (Å²) in [6.45, 7) is 1.71. The van der Waals surface area contributed by atoms with E-state index in [1.165, 1.54) is 12.1 Å². The molecular formula is C14H13BrFNO2S. The van der Waals surface area contributed by atoms with Crippen molar-refractivity contribution in [1.29, 1.82) is 0 Å². The highest BCUT2D eigenvalue weighted by Gasteiger charge is 2.21. The zero-order valence-electron chi connectivity index (χ0n) is 10.7. The van der Waals surface area contributed by atoms with Crippen LogP contribution in [0.15, 0.2) is 57.9 Å². The van der Waals surface area contributed by atoms with Gasteiger partial charge >= 0.3 is 0 Å². The Bertz CT molecular complexity index is 704. The Balaban J connectivity index is 2.28. The van der Waals surface area contributed by atoms with Crippen molar-refractivity contribution in [2.75, 3.05) is 0 Å². The molecule has 0 saturated carbocycles. The average molecular weight is 358 g/mol. The first-order valence-corrected chi connectivity index (χ1v) is 8.20. The lowest BCUT2D eigenvalue weighted by molar-refractivity contribution is 0.546. The molecule has 0 bridgehead atoms. The highest BCUT2D eigenvalue weighted by molar-refractivity contribution is 9.10. The number of benzene rings is 2. The maximum absolute atomic E-state index is 13.7. The Morgan fingerprint density at radius 1 is 1.15 bits per heavy atom. The van der Waals surface area contributed by atoms with E-state index in [1.54, 1.807) is 6.92 Å². The third-order valence-electron chi connectivity index (χ3n) is 2.81. The Hall–Kier alpha value is -1.24. The number of rotatable bonds is 4. The topological polar surface area (TPSA) is 46.2 Å². The van der Waals surface area contributed by atoms with Crippen molar-refractivity contribution in [3.63, 3.8) is 0 Å². The summed E-state index contributed by atoms with van der Waals surface area (Å²) in [6, 6.07) is 12.5. The largest absolute Gasteiger partial charge is 0.244 e. The summed E-state index contributed by atoms with van der Waals surface area (Å²) in [4.78, 5) is -0.358. The van der Waals surface area contributed by atoms with Crippen molar-refractivity contribution in [1.82, 2.24) is 4.72 Å². The van der Waals surface area contributed by atoms with E-state index in [4.69, 9.17) is 0 Å². The van der Waals surface area contributed by atoms with Gasteiger partial charge in [-0.15, -0.1) is 0 Å². The summed E-state index contributed by atoms with van der Waals surface area (Å²) in [5, 5.41) is 0. The molecule has 0 saturated heterocycles. The molecule has 3 nitrogen and oxygen atoms in total.